The van der Waals surface area contributed by atoms with Gasteiger partial charge < -0.3 is 5.32 Å². The first-order valence-electron chi connectivity index (χ1n) is 4.44. The fourth-order valence-corrected chi connectivity index (χ4v) is 1.33. The van der Waals surface area contributed by atoms with Crippen molar-refractivity contribution in [3.8, 4) is 0 Å². The fraction of sp³-hybridized carbons (Fsp3) is 0.222. The Morgan fingerprint density at radius 3 is 3.00 bits per heavy atom. The van der Waals surface area contributed by atoms with Crippen LogP contribution in [-0.2, 0) is 13.6 Å². The lowest BCUT2D eigenvalue weighted by Crippen LogP contribution is -2.06. The van der Waals surface area contributed by atoms with Gasteiger partial charge in [-0.15, -0.1) is 0 Å². The van der Waals surface area contributed by atoms with E-state index in [1.807, 2.05) is 13.1 Å². The van der Waals surface area contributed by atoms with Gasteiger partial charge in [-0.2, -0.15) is 5.10 Å². The lowest BCUT2D eigenvalue weighted by Gasteiger charge is -2.05. The molecule has 5 nitrogen and oxygen atoms in total. The van der Waals surface area contributed by atoms with E-state index in [9.17, 15) is 0 Å². The summed E-state index contributed by atoms with van der Waals surface area (Å²) in [5.41, 5.74) is 1.07. The zero-order valence-electron chi connectivity index (χ0n) is 8.18. The largest absolute Gasteiger partial charge is 0.364 e. The molecule has 78 valence electrons. The van der Waals surface area contributed by atoms with Crippen LogP contribution in [0.4, 0.5) is 5.82 Å². The molecule has 0 aliphatic carbocycles. The number of halogens is 1. The number of aryl methyl sites for hydroxylation is 1. The summed E-state index contributed by atoms with van der Waals surface area (Å²) in [5, 5.41) is 7.62. The number of nitrogens with one attached hydrogen (secondary N) is 1. The van der Waals surface area contributed by atoms with Crippen molar-refractivity contribution in [2.45, 2.75) is 6.54 Å². The number of rotatable bonds is 3. The van der Waals surface area contributed by atoms with Crippen LogP contribution in [0.2, 0.25) is 5.15 Å². The molecule has 2 rings (SSSR count). The van der Waals surface area contributed by atoms with Gasteiger partial charge in [0, 0.05) is 19.3 Å². The minimum absolute atomic E-state index is 0.428. The lowest BCUT2D eigenvalue weighted by atomic mass is 10.4. The van der Waals surface area contributed by atoms with E-state index in [2.05, 4.69) is 20.4 Å². The number of hydrogen-bond donors (Lipinski definition) is 1. The summed E-state index contributed by atoms with van der Waals surface area (Å²) in [6.45, 7) is 0.657. The van der Waals surface area contributed by atoms with Gasteiger partial charge in [0.2, 0.25) is 0 Å². The summed E-state index contributed by atoms with van der Waals surface area (Å²) in [4.78, 5) is 7.83. The second kappa shape index (κ2) is 4.27. The van der Waals surface area contributed by atoms with Crippen molar-refractivity contribution in [3.63, 3.8) is 0 Å². The smallest absolute Gasteiger partial charge is 0.134 e. The first-order valence-corrected chi connectivity index (χ1v) is 4.82. The third-order valence-corrected chi connectivity index (χ3v) is 2.21. The Morgan fingerprint density at radius 2 is 2.33 bits per heavy atom. The molecular formula is C9H10ClN5. The van der Waals surface area contributed by atoms with Crippen LogP contribution >= 0.6 is 11.6 Å². The molecule has 0 fully saturated rings. The van der Waals surface area contributed by atoms with E-state index in [4.69, 9.17) is 11.6 Å². The van der Waals surface area contributed by atoms with Gasteiger partial charge in [0.25, 0.3) is 0 Å². The molecule has 0 aliphatic rings. The zero-order valence-corrected chi connectivity index (χ0v) is 8.94. The van der Waals surface area contributed by atoms with Crippen LogP contribution < -0.4 is 5.32 Å². The van der Waals surface area contributed by atoms with Crippen molar-refractivity contribution in [2.75, 3.05) is 5.32 Å². The molecule has 0 aliphatic heterocycles. The average Bonchev–Trinajstić information content (AvgIpc) is 2.61. The SMILES string of the molecule is Cn1nccc1CNc1cc(Cl)ncn1. The maximum absolute atomic E-state index is 5.73. The van der Waals surface area contributed by atoms with Gasteiger partial charge in [-0.25, -0.2) is 9.97 Å². The highest BCUT2D eigenvalue weighted by Crippen LogP contribution is 2.09. The Hall–Kier alpha value is -1.62. The Bertz CT molecular complexity index is 453. The second-order valence-corrected chi connectivity index (χ2v) is 3.41. The first-order chi connectivity index (χ1) is 7.25. The van der Waals surface area contributed by atoms with Crippen LogP contribution in [0.15, 0.2) is 24.7 Å². The maximum Gasteiger partial charge on any atom is 0.134 e. The van der Waals surface area contributed by atoms with Crippen LogP contribution in [0, 0.1) is 0 Å². The lowest BCUT2D eigenvalue weighted by molar-refractivity contribution is 0.720. The molecule has 6 heteroatoms. The van der Waals surface area contributed by atoms with Crippen LogP contribution in [0.5, 0.6) is 0 Å². The van der Waals surface area contributed by atoms with Gasteiger partial charge in [-0.1, -0.05) is 11.6 Å². The van der Waals surface area contributed by atoms with Gasteiger partial charge >= 0.3 is 0 Å². The number of anilines is 1. The summed E-state index contributed by atoms with van der Waals surface area (Å²) >= 11 is 5.73. The van der Waals surface area contributed by atoms with E-state index in [1.54, 1.807) is 16.9 Å². The van der Waals surface area contributed by atoms with Crippen molar-refractivity contribution < 1.29 is 0 Å². The minimum Gasteiger partial charge on any atom is -0.364 e. The van der Waals surface area contributed by atoms with E-state index in [0.29, 0.717) is 17.5 Å². The summed E-state index contributed by atoms with van der Waals surface area (Å²) in [5.74, 6) is 0.705. The number of hydrogen-bond acceptors (Lipinski definition) is 4. The molecular weight excluding hydrogens is 214 g/mol. The molecule has 2 heterocycles. The molecule has 0 saturated carbocycles. The molecule has 0 saturated heterocycles. The highest BCUT2D eigenvalue weighted by Gasteiger charge is 1.99. The Kier molecular flexibility index (Phi) is 2.82. The van der Waals surface area contributed by atoms with E-state index in [1.165, 1.54) is 6.33 Å². The molecule has 0 spiro atoms. The standard InChI is InChI=1S/C9H10ClN5/c1-15-7(2-3-14-15)5-11-9-4-8(10)12-6-13-9/h2-4,6H,5H2,1H3,(H,11,12,13). The number of aromatic nitrogens is 4. The molecule has 0 atom stereocenters. The molecule has 0 unspecified atom stereocenters. The normalized spacial score (nSPS) is 10.3. The Morgan fingerprint density at radius 1 is 1.47 bits per heavy atom. The summed E-state index contributed by atoms with van der Waals surface area (Å²) < 4.78 is 1.80. The average molecular weight is 224 g/mol. The van der Waals surface area contributed by atoms with E-state index in [-0.39, 0.29) is 0 Å². The topological polar surface area (TPSA) is 55.6 Å². The van der Waals surface area contributed by atoms with Crippen molar-refractivity contribution in [2.24, 2.45) is 7.05 Å². The quantitative estimate of drug-likeness (QED) is 0.801. The van der Waals surface area contributed by atoms with Crippen molar-refractivity contribution in [1.29, 1.82) is 0 Å². The van der Waals surface area contributed by atoms with Crippen molar-refractivity contribution in [3.05, 3.63) is 35.5 Å². The van der Waals surface area contributed by atoms with Crippen LogP contribution in [-0.4, -0.2) is 19.7 Å². The third kappa shape index (κ3) is 2.44. The molecule has 2 aromatic heterocycles. The maximum atomic E-state index is 5.73. The molecule has 15 heavy (non-hydrogen) atoms. The molecule has 0 bridgehead atoms. The third-order valence-electron chi connectivity index (χ3n) is 2.01. The van der Waals surface area contributed by atoms with Gasteiger partial charge in [0.15, 0.2) is 0 Å². The van der Waals surface area contributed by atoms with E-state index < -0.39 is 0 Å². The highest BCUT2D eigenvalue weighted by atomic mass is 35.5. The molecule has 0 radical (unpaired) electrons. The van der Waals surface area contributed by atoms with E-state index >= 15 is 0 Å². The van der Waals surface area contributed by atoms with E-state index in [0.717, 1.165) is 5.69 Å². The van der Waals surface area contributed by atoms with Gasteiger partial charge in [-0.3, -0.25) is 4.68 Å². The van der Waals surface area contributed by atoms with Crippen LogP contribution in [0.1, 0.15) is 5.69 Å². The highest BCUT2D eigenvalue weighted by molar-refractivity contribution is 6.29. The molecule has 0 aromatic carbocycles. The first kappa shape index (κ1) is 9.92. The van der Waals surface area contributed by atoms with Gasteiger partial charge in [0.1, 0.15) is 17.3 Å². The Balaban J connectivity index is 2.02. The van der Waals surface area contributed by atoms with Gasteiger partial charge in [-0.05, 0) is 6.07 Å². The van der Waals surface area contributed by atoms with Crippen LogP contribution in [0.3, 0.4) is 0 Å². The second-order valence-electron chi connectivity index (χ2n) is 3.03. The zero-order chi connectivity index (χ0) is 10.7. The summed E-state index contributed by atoms with van der Waals surface area (Å²) in [6, 6.07) is 3.62. The number of nitrogens with zero attached hydrogens (tertiary/aromatic N) is 4. The van der Waals surface area contributed by atoms with Crippen molar-refractivity contribution in [1.82, 2.24) is 19.7 Å². The predicted octanol–water partition coefficient (Wildman–Crippen LogP) is 1.48. The Labute approximate surface area is 92.1 Å². The van der Waals surface area contributed by atoms with Crippen molar-refractivity contribution >= 4 is 17.4 Å². The van der Waals surface area contributed by atoms with Gasteiger partial charge in [0.05, 0.1) is 12.2 Å². The monoisotopic (exact) mass is 223 g/mol. The molecule has 2 aromatic rings. The summed E-state index contributed by atoms with van der Waals surface area (Å²) in [6.07, 6.45) is 3.18. The predicted molar refractivity (Wildman–Crippen MR) is 57.6 cm³/mol. The minimum atomic E-state index is 0.428. The van der Waals surface area contributed by atoms with Crippen LogP contribution in [0.25, 0.3) is 0 Å². The molecule has 1 N–H and O–H groups in total. The fourth-order valence-electron chi connectivity index (χ4n) is 1.19. The molecule has 0 amide bonds. The summed E-state index contributed by atoms with van der Waals surface area (Å²) in [7, 11) is 1.89.